The van der Waals surface area contributed by atoms with Crippen molar-refractivity contribution in [2.24, 2.45) is 0 Å². The lowest BCUT2D eigenvalue weighted by molar-refractivity contribution is -0.0156. The first-order chi connectivity index (χ1) is 13.1. The van der Waals surface area contributed by atoms with E-state index in [1.165, 1.54) is 0 Å². The summed E-state index contributed by atoms with van der Waals surface area (Å²) in [6.07, 6.45) is 0.535. The highest BCUT2D eigenvalue weighted by atomic mass is 35.5. The molecule has 2 aromatic carbocycles. The van der Waals surface area contributed by atoms with Gasteiger partial charge in [0.05, 0.1) is 20.3 Å². The van der Waals surface area contributed by atoms with Crippen molar-refractivity contribution in [1.82, 2.24) is 10.2 Å². The molecule has 27 heavy (non-hydrogen) atoms. The van der Waals surface area contributed by atoms with Crippen LogP contribution in [0.5, 0.6) is 5.75 Å². The molecule has 1 aliphatic rings. The van der Waals surface area contributed by atoms with Crippen molar-refractivity contribution >= 4 is 17.6 Å². The van der Waals surface area contributed by atoms with E-state index in [2.05, 4.69) is 5.32 Å². The maximum absolute atomic E-state index is 12.7. The number of rotatable bonds is 5. The van der Waals surface area contributed by atoms with Gasteiger partial charge in [0.25, 0.3) is 0 Å². The van der Waals surface area contributed by atoms with Gasteiger partial charge in [0.1, 0.15) is 11.9 Å². The van der Waals surface area contributed by atoms with Crippen LogP contribution in [0.4, 0.5) is 4.79 Å². The van der Waals surface area contributed by atoms with Gasteiger partial charge in [-0.3, -0.25) is 0 Å². The van der Waals surface area contributed by atoms with E-state index in [1.807, 2.05) is 55.5 Å². The molecule has 2 aromatic rings. The van der Waals surface area contributed by atoms with Crippen LogP contribution in [-0.2, 0) is 11.2 Å². The molecular weight excluding hydrogens is 364 g/mol. The summed E-state index contributed by atoms with van der Waals surface area (Å²) in [7, 11) is 1.65. The first-order valence-corrected chi connectivity index (χ1v) is 9.49. The Balaban J connectivity index is 1.57. The Kier molecular flexibility index (Phi) is 6.58. The van der Waals surface area contributed by atoms with E-state index in [-0.39, 0.29) is 18.2 Å². The summed E-state index contributed by atoms with van der Waals surface area (Å²) in [4.78, 5) is 14.5. The summed E-state index contributed by atoms with van der Waals surface area (Å²) in [5.41, 5.74) is 2.04. The van der Waals surface area contributed by atoms with Crippen LogP contribution in [0.3, 0.4) is 0 Å². The lowest BCUT2D eigenvalue weighted by Crippen LogP contribution is -2.49. The van der Waals surface area contributed by atoms with Gasteiger partial charge in [-0.2, -0.15) is 0 Å². The molecule has 144 valence electrons. The fraction of sp³-hybridized carbons (Fsp3) is 0.381. The molecule has 0 radical (unpaired) electrons. The van der Waals surface area contributed by atoms with Crippen molar-refractivity contribution < 1.29 is 14.3 Å². The Morgan fingerprint density at radius 2 is 2.15 bits per heavy atom. The zero-order valence-corrected chi connectivity index (χ0v) is 16.4. The summed E-state index contributed by atoms with van der Waals surface area (Å²) < 4.78 is 11.1. The molecule has 3 rings (SSSR count). The minimum atomic E-state index is -0.202. The van der Waals surface area contributed by atoms with Crippen molar-refractivity contribution in [3.63, 3.8) is 0 Å². The summed E-state index contributed by atoms with van der Waals surface area (Å²) in [6, 6.07) is 15.4. The van der Waals surface area contributed by atoms with E-state index in [0.29, 0.717) is 24.7 Å². The van der Waals surface area contributed by atoms with Crippen molar-refractivity contribution in [2.45, 2.75) is 25.5 Å². The SMILES string of the molecule is COc1cccc(CC(C)NC(=O)N2CCOC(c3ccccc3Cl)C2)c1. The molecular formula is C21H25ClN2O3. The second-order valence-electron chi connectivity index (χ2n) is 6.73. The molecule has 6 heteroatoms. The molecule has 0 saturated carbocycles. The van der Waals surface area contributed by atoms with Crippen LogP contribution in [0.1, 0.15) is 24.2 Å². The fourth-order valence-electron chi connectivity index (χ4n) is 3.26. The highest BCUT2D eigenvalue weighted by Gasteiger charge is 2.27. The van der Waals surface area contributed by atoms with Gasteiger partial charge in [-0.25, -0.2) is 4.79 Å². The van der Waals surface area contributed by atoms with Gasteiger partial charge in [-0.05, 0) is 37.1 Å². The van der Waals surface area contributed by atoms with E-state index >= 15 is 0 Å². The number of morpholine rings is 1. The molecule has 2 atom stereocenters. The molecule has 2 unspecified atom stereocenters. The number of urea groups is 1. The average Bonchev–Trinajstić information content (AvgIpc) is 2.68. The summed E-state index contributed by atoms with van der Waals surface area (Å²) in [6.45, 7) is 3.55. The lowest BCUT2D eigenvalue weighted by Gasteiger charge is -2.34. The Labute approximate surface area is 165 Å². The van der Waals surface area contributed by atoms with Crippen LogP contribution < -0.4 is 10.1 Å². The van der Waals surface area contributed by atoms with Crippen LogP contribution in [-0.4, -0.2) is 43.8 Å². The van der Waals surface area contributed by atoms with Gasteiger partial charge in [-0.15, -0.1) is 0 Å². The highest BCUT2D eigenvalue weighted by Crippen LogP contribution is 2.28. The van der Waals surface area contributed by atoms with E-state index in [4.69, 9.17) is 21.1 Å². The molecule has 0 spiro atoms. The Bertz CT molecular complexity index is 784. The number of hydrogen-bond donors (Lipinski definition) is 1. The van der Waals surface area contributed by atoms with Crippen molar-refractivity contribution in [3.8, 4) is 5.75 Å². The second-order valence-corrected chi connectivity index (χ2v) is 7.14. The lowest BCUT2D eigenvalue weighted by atomic mass is 10.1. The van der Waals surface area contributed by atoms with E-state index in [9.17, 15) is 4.79 Å². The third-order valence-corrected chi connectivity index (χ3v) is 5.00. The van der Waals surface area contributed by atoms with Crippen LogP contribution in [0.2, 0.25) is 5.02 Å². The quantitative estimate of drug-likeness (QED) is 0.840. The normalized spacial score (nSPS) is 18.0. The Morgan fingerprint density at radius 1 is 1.33 bits per heavy atom. The van der Waals surface area contributed by atoms with Crippen molar-refractivity contribution in [1.29, 1.82) is 0 Å². The molecule has 1 saturated heterocycles. The van der Waals surface area contributed by atoms with Crippen LogP contribution in [0, 0.1) is 0 Å². The smallest absolute Gasteiger partial charge is 0.317 e. The third kappa shape index (κ3) is 5.15. The van der Waals surface area contributed by atoms with Gasteiger partial charge < -0.3 is 19.7 Å². The van der Waals surface area contributed by atoms with Gasteiger partial charge >= 0.3 is 6.03 Å². The fourth-order valence-corrected chi connectivity index (χ4v) is 3.52. The van der Waals surface area contributed by atoms with Gasteiger partial charge in [0.15, 0.2) is 0 Å². The summed E-state index contributed by atoms with van der Waals surface area (Å²) in [5.74, 6) is 0.821. The minimum absolute atomic E-state index is 0.00575. The van der Waals surface area contributed by atoms with E-state index < -0.39 is 0 Å². The average molecular weight is 389 g/mol. The molecule has 0 aromatic heterocycles. The van der Waals surface area contributed by atoms with Crippen LogP contribution >= 0.6 is 11.6 Å². The summed E-state index contributed by atoms with van der Waals surface area (Å²) in [5, 5.41) is 3.74. The molecule has 2 amide bonds. The predicted octanol–water partition coefficient (Wildman–Crippen LogP) is 4.06. The predicted molar refractivity (Wildman–Crippen MR) is 106 cm³/mol. The van der Waals surface area contributed by atoms with Gasteiger partial charge in [-0.1, -0.05) is 41.9 Å². The number of benzene rings is 2. The number of amides is 2. The monoisotopic (exact) mass is 388 g/mol. The van der Waals surface area contributed by atoms with Gasteiger partial charge in [0, 0.05) is 23.2 Å². The largest absolute Gasteiger partial charge is 0.497 e. The number of hydrogen-bond acceptors (Lipinski definition) is 3. The number of halogens is 1. The molecule has 0 aliphatic carbocycles. The topological polar surface area (TPSA) is 50.8 Å². The van der Waals surface area contributed by atoms with Crippen LogP contribution in [0.15, 0.2) is 48.5 Å². The zero-order valence-electron chi connectivity index (χ0n) is 15.7. The number of carbonyl (C=O) groups excluding carboxylic acids is 1. The minimum Gasteiger partial charge on any atom is -0.497 e. The first-order valence-electron chi connectivity index (χ1n) is 9.11. The number of methoxy groups -OCH3 is 1. The zero-order chi connectivity index (χ0) is 19.2. The number of nitrogens with one attached hydrogen (secondary N) is 1. The van der Waals surface area contributed by atoms with E-state index in [0.717, 1.165) is 23.3 Å². The van der Waals surface area contributed by atoms with Crippen molar-refractivity contribution in [2.75, 3.05) is 26.8 Å². The third-order valence-electron chi connectivity index (χ3n) is 4.65. The van der Waals surface area contributed by atoms with E-state index in [1.54, 1.807) is 12.0 Å². The number of carbonyl (C=O) groups is 1. The molecule has 5 nitrogen and oxygen atoms in total. The maximum Gasteiger partial charge on any atom is 0.317 e. The second kappa shape index (κ2) is 9.11. The number of ether oxygens (including phenoxy) is 2. The highest BCUT2D eigenvalue weighted by molar-refractivity contribution is 6.31. The van der Waals surface area contributed by atoms with Crippen LogP contribution in [0.25, 0.3) is 0 Å². The molecule has 1 aliphatic heterocycles. The molecule has 1 N–H and O–H groups in total. The first kappa shape index (κ1) is 19.5. The standard InChI is InChI=1S/C21H25ClN2O3/c1-15(12-16-6-5-7-17(13-16)26-2)23-21(25)24-10-11-27-20(14-24)18-8-3-4-9-19(18)22/h3-9,13,15,20H,10-12,14H2,1-2H3,(H,23,25). The number of nitrogens with zero attached hydrogens (tertiary/aromatic N) is 1. The molecule has 0 bridgehead atoms. The van der Waals surface area contributed by atoms with Crippen molar-refractivity contribution in [3.05, 3.63) is 64.7 Å². The Hall–Kier alpha value is -2.24. The molecule has 1 fully saturated rings. The Morgan fingerprint density at radius 3 is 2.93 bits per heavy atom. The van der Waals surface area contributed by atoms with Gasteiger partial charge in [0.2, 0.25) is 0 Å². The maximum atomic E-state index is 12.7. The molecule has 1 heterocycles. The summed E-state index contributed by atoms with van der Waals surface area (Å²) >= 11 is 6.27.